The zero-order valence-electron chi connectivity index (χ0n) is 17.3. The molecule has 0 amide bonds. The van der Waals surface area contributed by atoms with Crippen LogP contribution in [-0.2, 0) is 12.0 Å². The molecule has 0 atom stereocenters. The van der Waals surface area contributed by atoms with E-state index in [1.165, 1.54) is 38.9 Å². The second kappa shape index (κ2) is 9.95. The molecule has 1 fully saturated rings. The Hall–Kier alpha value is -1.56. The summed E-state index contributed by atoms with van der Waals surface area (Å²) in [7, 11) is 0. The van der Waals surface area contributed by atoms with E-state index in [0.29, 0.717) is 12.4 Å². The predicted octanol–water partition coefficient (Wildman–Crippen LogP) is 3.15. The maximum Gasteiger partial charge on any atom is 0.216 e. The standard InChI is InChI=1S/C20H37N5O/c1-6-10-25-11-8-16(9-12-25)13-23-19(21-7-2)24-15-18-22-14-17(26-18)20(3,4)5/h14,16H,6-13,15H2,1-5H3,(H2,21,23,24). The quantitative estimate of drug-likeness (QED) is 0.575. The van der Waals surface area contributed by atoms with Crippen LogP contribution in [0.3, 0.4) is 0 Å². The van der Waals surface area contributed by atoms with Crippen LogP contribution in [0.25, 0.3) is 0 Å². The molecule has 0 aliphatic carbocycles. The highest BCUT2D eigenvalue weighted by Gasteiger charge is 2.20. The smallest absolute Gasteiger partial charge is 0.216 e. The molecule has 26 heavy (non-hydrogen) atoms. The molecule has 0 radical (unpaired) electrons. The van der Waals surface area contributed by atoms with E-state index in [9.17, 15) is 0 Å². The second-order valence-corrected chi connectivity index (χ2v) is 8.23. The first-order valence-electron chi connectivity index (χ1n) is 10.1. The van der Waals surface area contributed by atoms with Gasteiger partial charge in [-0.3, -0.25) is 0 Å². The van der Waals surface area contributed by atoms with Gasteiger partial charge >= 0.3 is 0 Å². The van der Waals surface area contributed by atoms with Gasteiger partial charge in [0, 0.05) is 18.5 Å². The minimum Gasteiger partial charge on any atom is -0.443 e. The predicted molar refractivity (Wildman–Crippen MR) is 107 cm³/mol. The lowest BCUT2D eigenvalue weighted by Crippen LogP contribution is -2.43. The third-order valence-corrected chi connectivity index (χ3v) is 4.81. The molecule has 1 aliphatic heterocycles. The van der Waals surface area contributed by atoms with Crippen molar-refractivity contribution in [2.24, 2.45) is 10.9 Å². The van der Waals surface area contributed by atoms with Crippen LogP contribution in [0.1, 0.15) is 65.5 Å². The van der Waals surface area contributed by atoms with Crippen LogP contribution in [0.4, 0.5) is 0 Å². The van der Waals surface area contributed by atoms with E-state index in [4.69, 9.17) is 4.42 Å². The summed E-state index contributed by atoms with van der Waals surface area (Å²) in [6.07, 6.45) is 5.59. The monoisotopic (exact) mass is 363 g/mol. The number of likely N-dealkylation sites (tertiary alicyclic amines) is 1. The molecule has 2 N–H and O–H groups in total. The molecule has 0 unspecified atom stereocenters. The summed E-state index contributed by atoms with van der Waals surface area (Å²) in [5.41, 5.74) is -0.0235. The Labute approximate surface area is 158 Å². The summed E-state index contributed by atoms with van der Waals surface area (Å²) in [4.78, 5) is 11.6. The Balaban J connectivity index is 1.82. The number of rotatable bonds is 7. The van der Waals surface area contributed by atoms with Crippen LogP contribution in [0, 0.1) is 5.92 Å². The largest absolute Gasteiger partial charge is 0.443 e. The van der Waals surface area contributed by atoms with Gasteiger partial charge in [0.15, 0.2) is 5.96 Å². The van der Waals surface area contributed by atoms with Crippen molar-refractivity contribution in [2.75, 3.05) is 32.7 Å². The Bertz CT molecular complexity index is 553. The molecule has 1 aliphatic rings. The SMILES string of the molecule is CCCN1CCC(CNC(=NCc2ncc(C(C)(C)C)o2)NCC)CC1. The van der Waals surface area contributed by atoms with Crippen molar-refractivity contribution in [1.82, 2.24) is 20.5 Å². The van der Waals surface area contributed by atoms with Gasteiger partial charge in [0.25, 0.3) is 0 Å². The van der Waals surface area contributed by atoms with Crippen LogP contribution in [0.15, 0.2) is 15.6 Å². The fourth-order valence-electron chi connectivity index (χ4n) is 3.19. The minimum absolute atomic E-state index is 0.0235. The Morgan fingerprint density at radius 3 is 2.58 bits per heavy atom. The number of hydrogen-bond donors (Lipinski definition) is 2. The summed E-state index contributed by atoms with van der Waals surface area (Å²) < 4.78 is 5.83. The first-order valence-corrected chi connectivity index (χ1v) is 10.1. The molecule has 0 bridgehead atoms. The van der Waals surface area contributed by atoms with Crippen LogP contribution < -0.4 is 10.6 Å². The number of nitrogens with zero attached hydrogens (tertiary/aromatic N) is 3. The molecule has 2 rings (SSSR count). The second-order valence-electron chi connectivity index (χ2n) is 8.23. The van der Waals surface area contributed by atoms with Crippen molar-refractivity contribution in [2.45, 2.75) is 65.8 Å². The van der Waals surface area contributed by atoms with Gasteiger partial charge in [-0.05, 0) is 51.7 Å². The third kappa shape index (κ3) is 6.63. The number of oxazole rings is 1. The third-order valence-electron chi connectivity index (χ3n) is 4.81. The van der Waals surface area contributed by atoms with Crippen LogP contribution >= 0.6 is 0 Å². The summed E-state index contributed by atoms with van der Waals surface area (Å²) in [6.45, 7) is 16.7. The van der Waals surface area contributed by atoms with E-state index in [0.717, 1.165) is 30.7 Å². The van der Waals surface area contributed by atoms with Gasteiger partial charge in [-0.25, -0.2) is 9.98 Å². The molecule has 1 aromatic heterocycles. The molecular formula is C20H37N5O. The molecular weight excluding hydrogens is 326 g/mol. The molecule has 1 aromatic rings. The van der Waals surface area contributed by atoms with Gasteiger partial charge in [0.05, 0.1) is 6.20 Å². The van der Waals surface area contributed by atoms with Crippen LogP contribution in [-0.4, -0.2) is 48.6 Å². The fraction of sp³-hybridized carbons (Fsp3) is 0.800. The fourth-order valence-corrected chi connectivity index (χ4v) is 3.19. The summed E-state index contributed by atoms with van der Waals surface area (Å²) in [5, 5.41) is 6.81. The van der Waals surface area contributed by atoms with E-state index in [2.05, 4.69) is 60.1 Å². The Morgan fingerprint density at radius 2 is 2.00 bits per heavy atom. The van der Waals surface area contributed by atoms with Crippen LogP contribution in [0.5, 0.6) is 0 Å². The highest BCUT2D eigenvalue weighted by atomic mass is 16.4. The molecule has 6 heteroatoms. The Kier molecular flexibility index (Phi) is 7.94. The molecule has 2 heterocycles. The first-order chi connectivity index (χ1) is 12.4. The lowest BCUT2D eigenvalue weighted by Gasteiger charge is -2.32. The van der Waals surface area contributed by atoms with Crippen molar-refractivity contribution >= 4 is 5.96 Å². The maximum absolute atomic E-state index is 5.83. The number of aliphatic imine (C=N–C) groups is 1. The summed E-state index contributed by atoms with van der Waals surface area (Å²) >= 11 is 0. The molecule has 6 nitrogen and oxygen atoms in total. The zero-order valence-corrected chi connectivity index (χ0v) is 17.3. The number of aromatic nitrogens is 1. The van der Waals surface area contributed by atoms with Gasteiger partial charge in [-0.1, -0.05) is 27.7 Å². The van der Waals surface area contributed by atoms with E-state index in [1.807, 2.05) is 6.20 Å². The molecule has 0 aromatic carbocycles. The average molecular weight is 364 g/mol. The van der Waals surface area contributed by atoms with Crippen molar-refractivity contribution in [3.63, 3.8) is 0 Å². The lowest BCUT2D eigenvalue weighted by molar-refractivity contribution is 0.185. The topological polar surface area (TPSA) is 65.7 Å². The summed E-state index contributed by atoms with van der Waals surface area (Å²) in [5.74, 6) is 3.14. The van der Waals surface area contributed by atoms with Crippen LogP contribution in [0.2, 0.25) is 0 Å². The lowest BCUT2D eigenvalue weighted by atomic mass is 9.94. The first kappa shape index (κ1) is 20.7. The van der Waals surface area contributed by atoms with E-state index < -0.39 is 0 Å². The molecule has 0 saturated carbocycles. The number of guanidine groups is 1. The zero-order chi connectivity index (χ0) is 19.0. The molecule has 148 valence electrons. The summed E-state index contributed by atoms with van der Waals surface area (Å²) in [6, 6.07) is 0. The Morgan fingerprint density at radius 1 is 1.27 bits per heavy atom. The number of hydrogen-bond acceptors (Lipinski definition) is 4. The van der Waals surface area contributed by atoms with Crippen molar-refractivity contribution in [1.29, 1.82) is 0 Å². The van der Waals surface area contributed by atoms with Gasteiger partial charge < -0.3 is 20.0 Å². The van der Waals surface area contributed by atoms with Gasteiger partial charge in [-0.2, -0.15) is 0 Å². The van der Waals surface area contributed by atoms with Crippen molar-refractivity contribution in [3.05, 3.63) is 17.8 Å². The number of piperidine rings is 1. The van der Waals surface area contributed by atoms with E-state index in [1.54, 1.807) is 0 Å². The minimum atomic E-state index is -0.0235. The number of nitrogens with one attached hydrogen (secondary N) is 2. The average Bonchev–Trinajstić information content (AvgIpc) is 3.08. The van der Waals surface area contributed by atoms with Crippen molar-refractivity contribution < 1.29 is 4.42 Å². The van der Waals surface area contributed by atoms with Crippen molar-refractivity contribution in [3.8, 4) is 0 Å². The molecule has 0 spiro atoms. The maximum atomic E-state index is 5.83. The van der Waals surface area contributed by atoms with E-state index >= 15 is 0 Å². The van der Waals surface area contributed by atoms with Gasteiger partial charge in [0.1, 0.15) is 12.3 Å². The van der Waals surface area contributed by atoms with E-state index in [-0.39, 0.29) is 5.41 Å². The highest BCUT2D eigenvalue weighted by molar-refractivity contribution is 5.79. The van der Waals surface area contributed by atoms with Gasteiger partial charge in [0.2, 0.25) is 5.89 Å². The van der Waals surface area contributed by atoms with Gasteiger partial charge in [-0.15, -0.1) is 0 Å². The molecule has 1 saturated heterocycles. The highest BCUT2D eigenvalue weighted by Crippen LogP contribution is 2.22. The normalized spacial score (nSPS) is 17.5.